The molecular weight excluding hydrogens is 691 g/mol. The molecule has 0 aliphatic heterocycles. The van der Waals surface area contributed by atoms with Crippen molar-refractivity contribution in [2.24, 2.45) is 0 Å². The summed E-state index contributed by atoms with van der Waals surface area (Å²) in [6.07, 6.45) is 0. The highest BCUT2D eigenvalue weighted by Gasteiger charge is 2.22. The molecule has 0 aliphatic rings. The Morgan fingerprint density at radius 2 is 0.737 bits per heavy atom. The second-order valence-corrected chi connectivity index (χ2v) is 14.6. The van der Waals surface area contributed by atoms with Gasteiger partial charge in [-0.2, -0.15) is 0 Å². The second kappa shape index (κ2) is 13.6. The zero-order valence-corrected chi connectivity index (χ0v) is 31.2. The SMILES string of the molecule is c1ccc(-c2ccc(N(c3ccc(-c4ccccc4)cc3)c3ccc4c5c(ccc6c7ccccc7n(-c7ccccc7)c65)n(-c5ccccc5)c4c3)cc2)cc1. The first-order chi connectivity index (χ1) is 28.3. The molecule has 0 unspecified atom stereocenters. The predicted octanol–water partition coefficient (Wildman–Crippen LogP) is 14.7. The molecule has 0 radical (unpaired) electrons. The number of anilines is 3. The van der Waals surface area contributed by atoms with Crippen LogP contribution in [0, 0.1) is 0 Å². The van der Waals surface area contributed by atoms with E-state index in [0.717, 1.165) is 34.0 Å². The first kappa shape index (κ1) is 32.8. The molecule has 0 bridgehead atoms. The summed E-state index contributed by atoms with van der Waals surface area (Å²) in [6, 6.07) is 81.0. The van der Waals surface area contributed by atoms with Crippen LogP contribution in [-0.4, -0.2) is 9.13 Å². The predicted molar refractivity (Wildman–Crippen MR) is 241 cm³/mol. The zero-order valence-electron chi connectivity index (χ0n) is 31.2. The minimum absolute atomic E-state index is 1.09. The van der Waals surface area contributed by atoms with E-state index in [2.05, 4.69) is 238 Å². The topological polar surface area (TPSA) is 13.1 Å². The molecule has 57 heavy (non-hydrogen) atoms. The molecule has 0 spiro atoms. The monoisotopic (exact) mass is 727 g/mol. The number of aromatic nitrogens is 2. The standard InChI is InChI=1S/C54H37N3/c1-5-15-38(16-6-1)40-25-29-44(30-26-40)55(45-31-27-41(28-32-45)39-17-7-2-8-18-39)46-33-34-49-52(37-46)56(42-19-9-3-10-20-42)51-36-35-48-47-23-13-14-24-50(47)57(54(48)53(49)51)43-21-11-4-12-22-43/h1-37H. The number of rotatable bonds is 7. The Kier molecular flexibility index (Phi) is 7.82. The third kappa shape index (κ3) is 5.51. The van der Waals surface area contributed by atoms with Crippen LogP contribution in [0.25, 0.3) is 77.2 Å². The van der Waals surface area contributed by atoms with Crippen LogP contribution in [0.1, 0.15) is 0 Å². The lowest BCUT2D eigenvalue weighted by molar-refractivity contribution is 1.17. The number of hydrogen-bond donors (Lipinski definition) is 0. The highest BCUT2D eigenvalue weighted by molar-refractivity contribution is 6.26. The van der Waals surface area contributed by atoms with E-state index in [0.29, 0.717) is 0 Å². The molecule has 9 aromatic carbocycles. The minimum Gasteiger partial charge on any atom is -0.310 e. The van der Waals surface area contributed by atoms with Crippen LogP contribution in [0.4, 0.5) is 17.1 Å². The quantitative estimate of drug-likeness (QED) is 0.159. The van der Waals surface area contributed by atoms with Crippen molar-refractivity contribution in [2.75, 3.05) is 4.90 Å². The lowest BCUT2D eigenvalue weighted by Crippen LogP contribution is -2.10. The van der Waals surface area contributed by atoms with Crippen LogP contribution in [0.5, 0.6) is 0 Å². The van der Waals surface area contributed by atoms with Crippen molar-refractivity contribution in [3.05, 3.63) is 224 Å². The van der Waals surface area contributed by atoms with Gasteiger partial charge in [0.15, 0.2) is 0 Å². The highest BCUT2D eigenvalue weighted by Crippen LogP contribution is 2.44. The Labute approximate surface area is 331 Å². The maximum atomic E-state index is 2.45. The van der Waals surface area contributed by atoms with E-state index in [4.69, 9.17) is 0 Å². The number of fused-ring (bicyclic) bond motifs is 7. The molecular formula is C54H37N3. The minimum atomic E-state index is 1.09. The Hall–Kier alpha value is -7.62. The summed E-state index contributed by atoms with van der Waals surface area (Å²) in [5.74, 6) is 0. The fraction of sp³-hybridized carbons (Fsp3) is 0. The van der Waals surface area contributed by atoms with Crippen molar-refractivity contribution in [1.82, 2.24) is 9.13 Å². The van der Waals surface area contributed by atoms with E-state index < -0.39 is 0 Å². The largest absolute Gasteiger partial charge is 0.310 e. The molecule has 3 nitrogen and oxygen atoms in total. The molecule has 0 aliphatic carbocycles. The second-order valence-electron chi connectivity index (χ2n) is 14.6. The van der Waals surface area contributed by atoms with Crippen molar-refractivity contribution >= 4 is 60.7 Å². The van der Waals surface area contributed by atoms with Gasteiger partial charge in [-0.3, -0.25) is 0 Å². The molecule has 2 heterocycles. The van der Waals surface area contributed by atoms with E-state index in [9.17, 15) is 0 Å². The summed E-state index contributed by atoms with van der Waals surface area (Å²) < 4.78 is 4.89. The van der Waals surface area contributed by atoms with Gasteiger partial charge in [0, 0.05) is 50.0 Å². The van der Waals surface area contributed by atoms with Crippen molar-refractivity contribution < 1.29 is 0 Å². The summed E-state index contributed by atoms with van der Waals surface area (Å²) in [5, 5.41) is 4.95. The average Bonchev–Trinajstić information content (AvgIpc) is 3.81. The van der Waals surface area contributed by atoms with Crippen LogP contribution in [0.2, 0.25) is 0 Å². The number of benzene rings is 9. The third-order valence-electron chi connectivity index (χ3n) is 11.3. The molecule has 268 valence electrons. The Morgan fingerprint density at radius 1 is 0.281 bits per heavy atom. The first-order valence-electron chi connectivity index (χ1n) is 19.5. The number of hydrogen-bond acceptors (Lipinski definition) is 1. The molecule has 0 atom stereocenters. The number of para-hydroxylation sites is 3. The average molecular weight is 728 g/mol. The van der Waals surface area contributed by atoms with Crippen LogP contribution in [-0.2, 0) is 0 Å². The fourth-order valence-electron chi connectivity index (χ4n) is 8.70. The third-order valence-corrected chi connectivity index (χ3v) is 11.3. The van der Waals surface area contributed by atoms with E-state index in [-0.39, 0.29) is 0 Å². The van der Waals surface area contributed by atoms with Crippen LogP contribution in [0.15, 0.2) is 224 Å². The Bertz CT molecular complexity index is 3100. The molecule has 0 amide bonds. The molecule has 0 saturated carbocycles. The fourth-order valence-corrected chi connectivity index (χ4v) is 8.70. The van der Waals surface area contributed by atoms with Gasteiger partial charge in [-0.1, -0.05) is 152 Å². The van der Waals surface area contributed by atoms with Crippen molar-refractivity contribution in [2.45, 2.75) is 0 Å². The lowest BCUT2D eigenvalue weighted by atomic mass is 10.0. The molecule has 3 heteroatoms. The maximum absolute atomic E-state index is 2.45. The van der Waals surface area contributed by atoms with Gasteiger partial charge in [-0.25, -0.2) is 0 Å². The smallest absolute Gasteiger partial charge is 0.0641 e. The summed E-state index contributed by atoms with van der Waals surface area (Å²) in [7, 11) is 0. The van der Waals surface area contributed by atoms with Gasteiger partial charge in [-0.05, 0) is 95.1 Å². The molecule has 11 aromatic rings. The summed E-state index contributed by atoms with van der Waals surface area (Å²) in [6.45, 7) is 0. The van der Waals surface area contributed by atoms with E-state index in [1.807, 2.05) is 0 Å². The summed E-state index contributed by atoms with van der Waals surface area (Å²) in [4.78, 5) is 2.38. The van der Waals surface area contributed by atoms with E-state index >= 15 is 0 Å². The molecule has 11 rings (SSSR count). The van der Waals surface area contributed by atoms with Gasteiger partial charge in [0.2, 0.25) is 0 Å². The lowest BCUT2D eigenvalue weighted by Gasteiger charge is -2.26. The van der Waals surface area contributed by atoms with E-state index in [1.165, 1.54) is 60.3 Å². The van der Waals surface area contributed by atoms with Gasteiger partial charge in [-0.15, -0.1) is 0 Å². The van der Waals surface area contributed by atoms with Gasteiger partial charge < -0.3 is 14.0 Å². The van der Waals surface area contributed by atoms with Gasteiger partial charge in [0.1, 0.15) is 0 Å². The van der Waals surface area contributed by atoms with E-state index in [1.54, 1.807) is 0 Å². The summed E-state index contributed by atoms with van der Waals surface area (Å²) in [5.41, 5.74) is 15.1. The van der Waals surface area contributed by atoms with Crippen LogP contribution in [0.3, 0.4) is 0 Å². The zero-order chi connectivity index (χ0) is 37.7. The van der Waals surface area contributed by atoms with Crippen LogP contribution < -0.4 is 4.90 Å². The molecule has 0 fully saturated rings. The van der Waals surface area contributed by atoms with Crippen LogP contribution >= 0.6 is 0 Å². The maximum Gasteiger partial charge on any atom is 0.0641 e. The number of nitrogens with zero attached hydrogens (tertiary/aromatic N) is 3. The van der Waals surface area contributed by atoms with Gasteiger partial charge in [0.25, 0.3) is 0 Å². The Morgan fingerprint density at radius 3 is 1.32 bits per heavy atom. The molecule has 0 saturated heterocycles. The normalized spacial score (nSPS) is 11.5. The van der Waals surface area contributed by atoms with Gasteiger partial charge >= 0.3 is 0 Å². The Balaban J connectivity index is 1.17. The van der Waals surface area contributed by atoms with Crippen molar-refractivity contribution in [3.8, 4) is 33.6 Å². The highest BCUT2D eigenvalue weighted by atomic mass is 15.1. The van der Waals surface area contributed by atoms with Crippen molar-refractivity contribution in [1.29, 1.82) is 0 Å². The van der Waals surface area contributed by atoms with Crippen molar-refractivity contribution in [3.63, 3.8) is 0 Å². The summed E-state index contributed by atoms with van der Waals surface area (Å²) >= 11 is 0. The van der Waals surface area contributed by atoms with Gasteiger partial charge in [0.05, 0.1) is 22.1 Å². The molecule has 0 N–H and O–H groups in total. The molecule has 2 aromatic heterocycles. The first-order valence-corrected chi connectivity index (χ1v) is 19.5.